The van der Waals surface area contributed by atoms with Crippen LogP contribution in [0.15, 0.2) is 30.3 Å². The molecule has 1 heterocycles. The summed E-state index contributed by atoms with van der Waals surface area (Å²) < 4.78 is 5.59. The molecule has 1 aliphatic carbocycles. The van der Waals surface area contributed by atoms with Crippen LogP contribution in [-0.4, -0.2) is 50.2 Å². The molecule has 4 heteroatoms. The topological polar surface area (TPSA) is 41.6 Å². The first-order valence-electron chi connectivity index (χ1n) is 8.29. The van der Waals surface area contributed by atoms with E-state index in [9.17, 15) is 4.79 Å². The van der Waals surface area contributed by atoms with Gasteiger partial charge < -0.3 is 15.0 Å². The van der Waals surface area contributed by atoms with E-state index in [1.54, 1.807) is 0 Å². The highest BCUT2D eigenvalue weighted by Gasteiger charge is 2.38. The molecule has 1 saturated carbocycles. The first kappa shape index (κ1) is 15.5. The summed E-state index contributed by atoms with van der Waals surface area (Å²) in [7, 11) is 2.03. The predicted octanol–water partition coefficient (Wildman–Crippen LogP) is 1.85. The van der Waals surface area contributed by atoms with Gasteiger partial charge in [0.25, 0.3) is 0 Å². The molecule has 2 aliphatic rings. The number of hydrogen-bond donors (Lipinski definition) is 1. The largest absolute Gasteiger partial charge is 0.366 e. The zero-order valence-corrected chi connectivity index (χ0v) is 13.4. The minimum absolute atomic E-state index is 0.0471. The van der Waals surface area contributed by atoms with Crippen molar-refractivity contribution in [1.29, 1.82) is 0 Å². The Morgan fingerprint density at radius 3 is 2.77 bits per heavy atom. The first-order chi connectivity index (χ1) is 10.7. The summed E-state index contributed by atoms with van der Waals surface area (Å²) in [5.41, 5.74) is 1.61. The van der Waals surface area contributed by atoms with E-state index in [1.165, 1.54) is 24.8 Å². The summed E-state index contributed by atoms with van der Waals surface area (Å²) in [6.07, 6.45) is 4.42. The van der Waals surface area contributed by atoms with Crippen molar-refractivity contribution in [3.8, 4) is 0 Å². The molecule has 0 aromatic heterocycles. The summed E-state index contributed by atoms with van der Waals surface area (Å²) in [5.74, 6) is 0.0471. The van der Waals surface area contributed by atoms with Crippen LogP contribution in [0.2, 0.25) is 0 Å². The Labute approximate surface area is 132 Å². The average molecular weight is 302 g/mol. The predicted molar refractivity (Wildman–Crippen MR) is 86.7 cm³/mol. The van der Waals surface area contributed by atoms with Gasteiger partial charge in [0.05, 0.1) is 6.61 Å². The molecular weight excluding hydrogens is 276 g/mol. The summed E-state index contributed by atoms with van der Waals surface area (Å²) >= 11 is 0. The van der Waals surface area contributed by atoms with Crippen LogP contribution in [0.1, 0.15) is 24.8 Å². The number of carbonyl (C=O) groups excluding carboxylic acids is 1. The highest BCUT2D eigenvalue weighted by atomic mass is 16.5. The number of ether oxygens (including phenoxy) is 1. The fourth-order valence-corrected chi connectivity index (χ4v) is 3.45. The van der Waals surface area contributed by atoms with Crippen molar-refractivity contribution in [2.75, 3.05) is 33.3 Å². The lowest BCUT2D eigenvalue weighted by molar-refractivity contribution is -0.138. The van der Waals surface area contributed by atoms with Crippen molar-refractivity contribution >= 4 is 5.91 Å². The summed E-state index contributed by atoms with van der Waals surface area (Å²) in [6, 6.07) is 10.6. The van der Waals surface area contributed by atoms with Gasteiger partial charge in [0.2, 0.25) is 5.91 Å². The SMILES string of the molecule is CN1CCO[C@@H](C(=O)NCC2(Cc3ccccc3)CCC2)C1. The Bertz CT molecular complexity index is 499. The Kier molecular flexibility index (Phi) is 4.79. The molecule has 4 nitrogen and oxygen atoms in total. The van der Waals surface area contributed by atoms with Crippen LogP contribution in [0, 0.1) is 5.41 Å². The number of nitrogens with zero attached hydrogens (tertiary/aromatic N) is 1. The van der Waals surface area contributed by atoms with Gasteiger partial charge in [-0.3, -0.25) is 4.79 Å². The number of morpholine rings is 1. The molecule has 22 heavy (non-hydrogen) atoms. The van der Waals surface area contributed by atoms with Crippen molar-refractivity contribution in [1.82, 2.24) is 10.2 Å². The third kappa shape index (κ3) is 3.68. The Hall–Kier alpha value is -1.39. The fraction of sp³-hybridized carbons (Fsp3) is 0.611. The molecule has 0 unspecified atom stereocenters. The fourth-order valence-electron chi connectivity index (χ4n) is 3.45. The zero-order chi connectivity index (χ0) is 15.4. The van der Waals surface area contributed by atoms with Gasteiger partial charge in [-0.1, -0.05) is 36.8 Å². The quantitative estimate of drug-likeness (QED) is 0.902. The van der Waals surface area contributed by atoms with Gasteiger partial charge in [0.1, 0.15) is 6.10 Å². The first-order valence-corrected chi connectivity index (χ1v) is 8.29. The minimum atomic E-state index is -0.312. The van der Waals surface area contributed by atoms with Gasteiger partial charge >= 0.3 is 0 Å². The lowest BCUT2D eigenvalue weighted by Gasteiger charge is -2.42. The standard InChI is InChI=1S/C18H26N2O2/c1-20-10-11-22-16(13-20)17(21)19-14-18(8-5-9-18)12-15-6-3-2-4-7-15/h2-4,6-7,16H,5,8-14H2,1H3,(H,19,21)/t16-/m1/s1. The molecule has 3 rings (SSSR count). The van der Waals surface area contributed by atoms with E-state index in [4.69, 9.17) is 4.74 Å². The molecule has 0 spiro atoms. The number of rotatable bonds is 5. The molecule has 1 aliphatic heterocycles. The van der Waals surface area contributed by atoms with Crippen LogP contribution in [0.5, 0.6) is 0 Å². The lowest BCUT2D eigenvalue weighted by Crippen LogP contribution is -2.51. The highest BCUT2D eigenvalue weighted by molar-refractivity contribution is 5.81. The number of amides is 1. The molecule has 120 valence electrons. The van der Waals surface area contributed by atoms with Crippen LogP contribution >= 0.6 is 0 Å². The van der Waals surface area contributed by atoms with Crippen molar-refractivity contribution in [2.45, 2.75) is 31.8 Å². The molecule has 1 aromatic rings. The maximum absolute atomic E-state index is 12.3. The number of likely N-dealkylation sites (N-methyl/N-ethyl adjacent to an activating group) is 1. The summed E-state index contributed by atoms with van der Waals surface area (Å²) in [6.45, 7) is 3.01. The molecule has 1 aromatic carbocycles. The molecular formula is C18H26N2O2. The van der Waals surface area contributed by atoms with Crippen LogP contribution < -0.4 is 5.32 Å². The average Bonchev–Trinajstić information content (AvgIpc) is 2.50. The van der Waals surface area contributed by atoms with Gasteiger partial charge in [-0.25, -0.2) is 0 Å². The normalized spacial score (nSPS) is 24.5. The maximum atomic E-state index is 12.3. The minimum Gasteiger partial charge on any atom is -0.366 e. The van der Waals surface area contributed by atoms with E-state index in [1.807, 2.05) is 7.05 Å². The van der Waals surface area contributed by atoms with Crippen molar-refractivity contribution in [2.24, 2.45) is 5.41 Å². The molecule has 1 saturated heterocycles. The smallest absolute Gasteiger partial charge is 0.250 e. The van der Waals surface area contributed by atoms with Crippen LogP contribution in [0.4, 0.5) is 0 Å². The van der Waals surface area contributed by atoms with Gasteiger partial charge in [-0.15, -0.1) is 0 Å². The van der Waals surface area contributed by atoms with E-state index >= 15 is 0 Å². The van der Waals surface area contributed by atoms with Gasteiger partial charge in [-0.05, 0) is 37.3 Å². The van der Waals surface area contributed by atoms with Crippen molar-refractivity contribution in [3.05, 3.63) is 35.9 Å². The van der Waals surface area contributed by atoms with Crippen LogP contribution in [0.25, 0.3) is 0 Å². The molecule has 1 amide bonds. The van der Waals surface area contributed by atoms with E-state index < -0.39 is 0 Å². The van der Waals surface area contributed by atoms with Gasteiger partial charge in [0, 0.05) is 19.6 Å². The summed E-state index contributed by atoms with van der Waals surface area (Å²) in [5, 5.41) is 3.15. The summed E-state index contributed by atoms with van der Waals surface area (Å²) in [4.78, 5) is 14.5. The van der Waals surface area contributed by atoms with Crippen molar-refractivity contribution < 1.29 is 9.53 Å². The molecule has 0 radical (unpaired) electrons. The van der Waals surface area contributed by atoms with Gasteiger partial charge in [0.15, 0.2) is 0 Å². The highest BCUT2D eigenvalue weighted by Crippen LogP contribution is 2.43. The number of benzene rings is 1. The van der Waals surface area contributed by atoms with Crippen LogP contribution in [0.3, 0.4) is 0 Å². The van der Waals surface area contributed by atoms with Crippen LogP contribution in [-0.2, 0) is 16.0 Å². The number of nitrogens with one attached hydrogen (secondary N) is 1. The molecule has 1 atom stereocenters. The second-order valence-corrected chi connectivity index (χ2v) is 6.86. The van der Waals surface area contributed by atoms with Crippen molar-refractivity contribution in [3.63, 3.8) is 0 Å². The third-order valence-corrected chi connectivity index (χ3v) is 5.04. The monoisotopic (exact) mass is 302 g/mol. The molecule has 2 fully saturated rings. The maximum Gasteiger partial charge on any atom is 0.250 e. The third-order valence-electron chi connectivity index (χ3n) is 5.04. The second-order valence-electron chi connectivity index (χ2n) is 6.86. The second kappa shape index (κ2) is 6.80. The Morgan fingerprint density at radius 2 is 2.14 bits per heavy atom. The van der Waals surface area contributed by atoms with Gasteiger partial charge in [-0.2, -0.15) is 0 Å². The van der Waals surface area contributed by atoms with E-state index in [0.717, 1.165) is 19.5 Å². The van der Waals surface area contributed by atoms with E-state index in [0.29, 0.717) is 13.2 Å². The lowest BCUT2D eigenvalue weighted by atomic mass is 9.65. The molecule has 1 N–H and O–H groups in total. The Morgan fingerprint density at radius 1 is 1.36 bits per heavy atom. The Balaban J connectivity index is 1.53. The number of hydrogen-bond acceptors (Lipinski definition) is 3. The van der Waals surface area contributed by atoms with E-state index in [-0.39, 0.29) is 17.4 Å². The molecule has 0 bridgehead atoms. The zero-order valence-electron chi connectivity index (χ0n) is 13.4. The van der Waals surface area contributed by atoms with E-state index in [2.05, 4.69) is 40.5 Å². The number of carbonyl (C=O) groups is 1.